The summed E-state index contributed by atoms with van der Waals surface area (Å²) in [4.78, 5) is 10.5. The van der Waals surface area contributed by atoms with Crippen LogP contribution >= 0.6 is 0 Å². The second-order valence-corrected chi connectivity index (χ2v) is 3.38. The van der Waals surface area contributed by atoms with E-state index in [1.165, 1.54) is 11.1 Å². The van der Waals surface area contributed by atoms with Crippen LogP contribution in [0.2, 0.25) is 0 Å². The van der Waals surface area contributed by atoms with Gasteiger partial charge >= 0.3 is 5.97 Å². The molecular weight excluding hydrogens is 166 g/mol. The minimum Gasteiger partial charge on any atom is -0.480 e. The zero-order valence-corrected chi connectivity index (χ0v) is 7.16. The molecule has 1 aliphatic rings. The van der Waals surface area contributed by atoms with Crippen molar-refractivity contribution in [2.45, 2.75) is 18.9 Å². The van der Waals surface area contributed by atoms with E-state index >= 15 is 0 Å². The lowest BCUT2D eigenvalue weighted by Crippen LogP contribution is -2.32. The van der Waals surface area contributed by atoms with Crippen LogP contribution in [0.4, 0.5) is 0 Å². The lowest BCUT2D eigenvalue weighted by molar-refractivity contribution is -0.138. The van der Waals surface area contributed by atoms with Gasteiger partial charge in [-0.15, -0.1) is 0 Å². The van der Waals surface area contributed by atoms with Crippen molar-refractivity contribution in [2.24, 2.45) is 5.73 Å². The number of hydrogen-bond acceptors (Lipinski definition) is 2. The van der Waals surface area contributed by atoms with Gasteiger partial charge in [0.05, 0.1) is 0 Å². The van der Waals surface area contributed by atoms with Crippen molar-refractivity contribution in [3.05, 3.63) is 34.9 Å². The smallest absolute Gasteiger partial charge is 0.320 e. The molecule has 0 bridgehead atoms. The number of carboxylic acids is 1. The number of fused-ring (bicyclic) bond motifs is 1. The lowest BCUT2D eigenvalue weighted by Gasteiger charge is -2.05. The third-order valence-corrected chi connectivity index (χ3v) is 2.37. The summed E-state index contributed by atoms with van der Waals surface area (Å²) < 4.78 is 0. The fourth-order valence-electron chi connectivity index (χ4n) is 1.52. The van der Waals surface area contributed by atoms with E-state index in [9.17, 15) is 4.79 Å². The largest absolute Gasteiger partial charge is 0.480 e. The Hall–Kier alpha value is -1.35. The molecule has 2 rings (SSSR count). The van der Waals surface area contributed by atoms with Gasteiger partial charge in [-0.1, -0.05) is 18.2 Å². The zero-order chi connectivity index (χ0) is 9.42. The van der Waals surface area contributed by atoms with Crippen LogP contribution in [-0.2, 0) is 17.6 Å². The van der Waals surface area contributed by atoms with Crippen molar-refractivity contribution < 1.29 is 9.90 Å². The number of aliphatic carboxylic acids is 1. The Morgan fingerprint density at radius 2 is 2.38 bits per heavy atom. The van der Waals surface area contributed by atoms with Gasteiger partial charge in [-0.05, 0) is 29.5 Å². The summed E-state index contributed by atoms with van der Waals surface area (Å²) in [6.45, 7) is 0. The Morgan fingerprint density at radius 3 is 3.08 bits per heavy atom. The molecule has 0 saturated carbocycles. The maximum absolute atomic E-state index is 10.5. The first-order valence-electron chi connectivity index (χ1n) is 4.26. The minimum absolute atomic E-state index is 0.443. The molecule has 0 aliphatic heterocycles. The fourth-order valence-corrected chi connectivity index (χ4v) is 1.52. The first-order valence-corrected chi connectivity index (χ1v) is 4.26. The van der Waals surface area contributed by atoms with Gasteiger partial charge in [0.25, 0.3) is 0 Å². The summed E-state index contributed by atoms with van der Waals surface area (Å²) in [5, 5.41) is 8.63. The number of nitrogens with two attached hydrogens (primary N) is 1. The van der Waals surface area contributed by atoms with Crippen molar-refractivity contribution in [1.29, 1.82) is 0 Å². The van der Waals surface area contributed by atoms with E-state index in [0.717, 1.165) is 12.0 Å². The van der Waals surface area contributed by atoms with Crippen LogP contribution in [0.3, 0.4) is 0 Å². The normalized spacial score (nSPS) is 14.8. The molecule has 1 aromatic rings. The molecular formula is C10H11NO2. The summed E-state index contributed by atoms with van der Waals surface area (Å²) in [5.41, 5.74) is 9.15. The summed E-state index contributed by atoms with van der Waals surface area (Å²) in [7, 11) is 0. The molecule has 0 amide bonds. The van der Waals surface area contributed by atoms with Crippen molar-refractivity contribution in [1.82, 2.24) is 0 Å². The first kappa shape index (κ1) is 8.26. The highest BCUT2D eigenvalue weighted by atomic mass is 16.4. The molecule has 0 fully saturated rings. The summed E-state index contributed by atoms with van der Waals surface area (Å²) in [6.07, 6.45) is 1.45. The van der Waals surface area contributed by atoms with Crippen molar-refractivity contribution in [3.8, 4) is 0 Å². The molecule has 3 heteroatoms. The predicted molar refractivity (Wildman–Crippen MR) is 48.6 cm³/mol. The Labute approximate surface area is 76.2 Å². The topological polar surface area (TPSA) is 63.3 Å². The minimum atomic E-state index is -0.932. The van der Waals surface area contributed by atoms with E-state index in [1.807, 2.05) is 12.1 Å². The van der Waals surface area contributed by atoms with Gasteiger partial charge in [-0.3, -0.25) is 4.79 Å². The highest BCUT2D eigenvalue weighted by Crippen LogP contribution is 2.31. The van der Waals surface area contributed by atoms with Gasteiger partial charge in [0.1, 0.15) is 6.04 Å². The number of benzene rings is 1. The van der Waals surface area contributed by atoms with Crippen LogP contribution in [0.15, 0.2) is 18.2 Å². The number of carboxylic acid groups (broad SMARTS) is 1. The van der Waals surface area contributed by atoms with Crippen LogP contribution < -0.4 is 5.73 Å². The van der Waals surface area contributed by atoms with Crippen LogP contribution in [0, 0.1) is 0 Å². The first-order chi connectivity index (χ1) is 6.18. The van der Waals surface area contributed by atoms with Crippen LogP contribution in [0.5, 0.6) is 0 Å². The van der Waals surface area contributed by atoms with E-state index in [1.54, 1.807) is 0 Å². The number of rotatable bonds is 3. The SMILES string of the molecule is N[C@@H](Cc1cccc2c1C2)C(=O)O. The van der Waals surface area contributed by atoms with E-state index in [2.05, 4.69) is 6.07 Å². The molecule has 0 heterocycles. The molecule has 0 spiro atoms. The summed E-state index contributed by atoms with van der Waals surface area (Å²) in [5.74, 6) is -0.932. The Bertz CT molecular complexity index is 360. The van der Waals surface area contributed by atoms with Crippen molar-refractivity contribution in [2.75, 3.05) is 0 Å². The lowest BCUT2D eigenvalue weighted by atomic mass is 10.1. The standard InChI is InChI=1S/C10H11NO2/c11-9(10(12)13)5-7-3-1-2-6-4-8(6)7/h1-3,9H,4-5,11H2,(H,12,13)/t9-/m0/s1. The van der Waals surface area contributed by atoms with Gasteiger partial charge in [0, 0.05) is 0 Å². The van der Waals surface area contributed by atoms with Crippen LogP contribution in [0.25, 0.3) is 0 Å². The van der Waals surface area contributed by atoms with Crippen LogP contribution in [-0.4, -0.2) is 17.1 Å². The van der Waals surface area contributed by atoms with Gasteiger partial charge in [0.15, 0.2) is 0 Å². The van der Waals surface area contributed by atoms with Gasteiger partial charge in [0.2, 0.25) is 0 Å². The number of carbonyl (C=O) groups is 1. The zero-order valence-electron chi connectivity index (χ0n) is 7.16. The fraction of sp³-hybridized carbons (Fsp3) is 0.300. The van der Waals surface area contributed by atoms with E-state index in [0.29, 0.717) is 6.42 Å². The maximum atomic E-state index is 10.5. The average Bonchev–Trinajstić information content (AvgIpc) is 2.83. The Kier molecular flexibility index (Phi) is 1.81. The molecule has 0 radical (unpaired) electrons. The molecule has 0 saturated heterocycles. The van der Waals surface area contributed by atoms with E-state index in [-0.39, 0.29) is 0 Å². The highest BCUT2D eigenvalue weighted by molar-refractivity contribution is 5.73. The molecule has 1 aromatic carbocycles. The monoisotopic (exact) mass is 177 g/mol. The molecule has 1 aliphatic carbocycles. The average molecular weight is 177 g/mol. The third-order valence-electron chi connectivity index (χ3n) is 2.37. The van der Waals surface area contributed by atoms with Crippen molar-refractivity contribution in [3.63, 3.8) is 0 Å². The van der Waals surface area contributed by atoms with Crippen LogP contribution in [0.1, 0.15) is 16.7 Å². The van der Waals surface area contributed by atoms with Gasteiger partial charge < -0.3 is 10.8 Å². The quantitative estimate of drug-likeness (QED) is 0.719. The predicted octanol–water partition coefficient (Wildman–Crippen LogP) is 0.545. The second-order valence-electron chi connectivity index (χ2n) is 3.38. The van der Waals surface area contributed by atoms with Crippen molar-refractivity contribution >= 4 is 5.97 Å². The summed E-state index contributed by atoms with van der Waals surface area (Å²) in [6, 6.07) is 5.20. The molecule has 3 nitrogen and oxygen atoms in total. The second kappa shape index (κ2) is 2.85. The molecule has 3 N–H and O–H groups in total. The Balaban J connectivity index is 2.12. The van der Waals surface area contributed by atoms with Gasteiger partial charge in [-0.2, -0.15) is 0 Å². The molecule has 1 atom stereocenters. The number of hydrogen-bond donors (Lipinski definition) is 2. The Morgan fingerprint density at radius 1 is 1.62 bits per heavy atom. The van der Waals surface area contributed by atoms with E-state index in [4.69, 9.17) is 10.8 Å². The molecule has 0 aromatic heterocycles. The molecule has 68 valence electrons. The molecule has 0 unspecified atom stereocenters. The highest BCUT2D eigenvalue weighted by Gasteiger charge is 2.22. The molecule has 13 heavy (non-hydrogen) atoms. The van der Waals surface area contributed by atoms with Gasteiger partial charge in [-0.25, -0.2) is 0 Å². The third kappa shape index (κ3) is 1.55. The summed E-state index contributed by atoms with van der Waals surface area (Å²) >= 11 is 0. The maximum Gasteiger partial charge on any atom is 0.320 e. The van der Waals surface area contributed by atoms with E-state index < -0.39 is 12.0 Å².